The van der Waals surface area contributed by atoms with Gasteiger partial charge in [-0.1, -0.05) is 30.3 Å². The number of benzene rings is 2. The summed E-state index contributed by atoms with van der Waals surface area (Å²) in [5.74, 6) is 0.907. The van der Waals surface area contributed by atoms with Crippen LogP contribution in [0.25, 0.3) is 0 Å². The second kappa shape index (κ2) is 7.00. The van der Waals surface area contributed by atoms with Crippen LogP contribution in [-0.4, -0.2) is 12.5 Å². The molecule has 0 bridgehead atoms. The smallest absolute Gasteiger partial charge is 0.251 e. The van der Waals surface area contributed by atoms with Crippen LogP contribution in [0.3, 0.4) is 0 Å². The Kier molecular flexibility index (Phi) is 5.04. The van der Waals surface area contributed by atoms with Gasteiger partial charge < -0.3 is 5.32 Å². The van der Waals surface area contributed by atoms with E-state index in [1.165, 1.54) is 10.5 Å². The van der Waals surface area contributed by atoms with Gasteiger partial charge in [0.05, 0.1) is 0 Å². The first-order valence-corrected chi connectivity index (χ1v) is 7.33. The molecule has 0 aliphatic heterocycles. The molecule has 0 saturated carbocycles. The first-order valence-electron chi connectivity index (χ1n) is 6.34. The third-order valence-corrected chi connectivity index (χ3v) is 3.79. The molecule has 0 aliphatic carbocycles. The molecule has 19 heavy (non-hydrogen) atoms. The fraction of sp³-hybridized carbons (Fsp3) is 0.188. The van der Waals surface area contributed by atoms with E-state index in [0.29, 0.717) is 6.54 Å². The first kappa shape index (κ1) is 13.7. The van der Waals surface area contributed by atoms with Crippen molar-refractivity contribution in [2.45, 2.75) is 17.6 Å². The lowest BCUT2D eigenvalue weighted by Gasteiger charge is -2.04. The minimum absolute atomic E-state index is 0.00948. The van der Waals surface area contributed by atoms with Gasteiger partial charge >= 0.3 is 0 Å². The molecule has 3 heteroatoms. The molecule has 2 aromatic rings. The summed E-state index contributed by atoms with van der Waals surface area (Å²) in [7, 11) is 0. The van der Waals surface area contributed by atoms with Gasteiger partial charge in [-0.25, -0.2) is 0 Å². The molecule has 2 rings (SSSR count). The maximum Gasteiger partial charge on any atom is 0.251 e. The average Bonchev–Trinajstić information content (AvgIpc) is 2.47. The number of rotatable bonds is 5. The molecule has 98 valence electrons. The van der Waals surface area contributed by atoms with Gasteiger partial charge in [0.2, 0.25) is 0 Å². The Hall–Kier alpha value is -1.74. The monoisotopic (exact) mass is 271 g/mol. The SMILES string of the molecule is CCNC(=O)c1ccc(CSc2ccccc2)cc1. The summed E-state index contributed by atoms with van der Waals surface area (Å²) in [4.78, 5) is 12.9. The van der Waals surface area contributed by atoms with E-state index in [1.54, 1.807) is 11.8 Å². The Morgan fingerprint density at radius 3 is 2.37 bits per heavy atom. The normalized spacial score (nSPS) is 10.2. The van der Waals surface area contributed by atoms with Crippen LogP contribution in [0, 0.1) is 0 Å². The molecule has 0 aliphatic rings. The quantitative estimate of drug-likeness (QED) is 0.840. The Labute approximate surface area is 118 Å². The lowest BCUT2D eigenvalue weighted by atomic mass is 10.1. The van der Waals surface area contributed by atoms with Crippen LogP contribution >= 0.6 is 11.8 Å². The lowest BCUT2D eigenvalue weighted by Crippen LogP contribution is -2.22. The molecule has 0 atom stereocenters. The van der Waals surface area contributed by atoms with Gasteiger partial charge in [0.1, 0.15) is 0 Å². The molecule has 0 fully saturated rings. The Morgan fingerprint density at radius 1 is 1.05 bits per heavy atom. The van der Waals surface area contributed by atoms with E-state index < -0.39 is 0 Å². The molecule has 0 unspecified atom stereocenters. The summed E-state index contributed by atoms with van der Waals surface area (Å²) >= 11 is 1.80. The molecule has 0 heterocycles. The molecule has 0 aromatic heterocycles. The highest BCUT2D eigenvalue weighted by molar-refractivity contribution is 7.98. The van der Waals surface area contributed by atoms with Crippen LogP contribution in [0.4, 0.5) is 0 Å². The molecule has 1 N–H and O–H groups in total. The highest BCUT2D eigenvalue weighted by Gasteiger charge is 2.03. The van der Waals surface area contributed by atoms with Crippen LogP contribution in [0.15, 0.2) is 59.5 Å². The van der Waals surface area contributed by atoms with Crippen LogP contribution < -0.4 is 5.32 Å². The van der Waals surface area contributed by atoms with Crippen molar-refractivity contribution in [1.29, 1.82) is 0 Å². The fourth-order valence-electron chi connectivity index (χ4n) is 1.70. The van der Waals surface area contributed by atoms with Crippen molar-refractivity contribution in [1.82, 2.24) is 5.32 Å². The maximum atomic E-state index is 11.6. The van der Waals surface area contributed by atoms with Crippen molar-refractivity contribution < 1.29 is 4.79 Å². The Morgan fingerprint density at radius 2 is 1.74 bits per heavy atom. The zero-order valence-electron chi connectivity index (χ0n) is 10.9. The topological polar surface area (TPSA) is 29.1 Å². The predicted molar refractivity (Wildman–Crippen MR) is 80.5 cm³/mol. The maximum absolute atomic E-state index is 11.6. The van der Waals surface area contributed by atoms with Crippen LogP contribution in [0.5, 0.6) is 0 Å². The van der Waals surface area contributed by atoms with E-state index in [4.69, 9.17) is 0 Å². The van der Waals surface area contributed by atoms with Crippen LogP contribution in [0.2, 0.25) is 0 Å². The number of amides is 1. The van der Waals surface area contributed by atoms with Crippen LogP contribution in [-0.2, 0) is 5.75 Å². The van der Waals surface area contributed by atoms with Gasteiger partial charge in [0, 0.05) is 22.8 Å². The second-order valence-electron chi connectivity index (χ2n) is 4.16. The molecular weight excluding hydrogens is 254 g/mol. The van der Waals surface area contributed by atoms with Gasteiger partial charge in [0.25, 0.3) is 5.91 Å². The minimum Gasteiger partial charge on any atom is -0.352 e. The second-order valence-corrected chi connectivity index (χ2v) is 5.21. The van der Waals surface area contributed by atoms with Crippen molar-refractivity contribution >= 4 is 17.7 Å². The number of nitrogens with one attached hydrogen (secondary N) is 1. The molecule has 1 amide bonds. The highest BCUT2D eigenvalue weighted by Crippen LogP contribution is 2.22. The lowest BCUT2D eigenvalue weighted by molar-refractivity contribution is 0.0956. The van der Waals surface area contributed by atoms with E-state index >= 15 is 0 Å². The van der Waals surface area contributed by atoms with Gasteiger partial charge in [-0.05, 0) is 36.8 Å². The summed E-state index contributed by atoms with van der Waals surface area (Å²) in [6.07, 6.45) is 0. The van der Waals surface area contributed by atoms with E-state index in [-0.39, 0.29) is 5.91 Å². The summed E-state index contributed by atoms with van der Waals surface area (Å²) in [5.41, 5.74) is 1.94. The Bertz CT molecular complexity index is 522. The average molecular weight is 271 g/mol. The zero-order valence-corrected chi connectivity index (χ0v) is 11.7. The summed E-state index contributed by atoms with van der Waals surface area (Å²) in [6.45, 7) is 2.58. The number of carbonyl (C=O) groups is 1. The number of hydrogen-bond donors (Lipinski definition) is 1. The standard InChI is InChI=1S/C16H17NOS/c1-2-17-16(18)14-10-8-13(9-11-14)12-19-15-6-4-3-5-7-15/h3-11H,2,12H2,1H3,(H,17,18). The summed E-state index contributed by atoms with van der Waals surface area (Å²) in [6, 6.07) is 18.1. The number of hydrogen-bond acceptors (Lipinski definition) is 2. The van der Waals surface area contributed by atoms with Gasteiger partial charge in [-0.2, -0.15) is 0 Å². The van der Waals surface area contributed by atoms with Crippen molar-refractivity contribution in [3.05, 3.63) is 65.7 Å². The van der Waals surface area contributed by atoms with E-state index in [2.05, 4.69) is 17.4 Å². The van der Waals surface area contributed by atoms with Crippen molar-refractivity contribution in [3.8, 4) is 0 Å². The number of thioether (sulfide) groups is 1. The Balaban J connectivity index is 1.94. The number of carbonyl (C=O) groups excluding carboxylic acids is 1. The molecular formula is C16H17NOS. The van der Waals surface area contributed by atoms with E-state index in [9.17, 15) is 4.79 Å². The molecule has 0 spiro atoms. The summed E-state index contributed by atoms with van der Waals surface area (Å²) in [5, 5.41) is 2.79. The molecule has 2 nitrogen and oxygen atoms in total. The fourth-order valence-corrected chi connectivity index (χ4v) is 2.57. The highest BCUT2D eigenvalue weighted by atomic mass is 32.2. The third-order valence-electron chi connectivity index (χ3n) is 2.70. The molecule has 0 saturated heterocycles. The van der Waals surface area contributed by atoms with Crippen molar-refractivity contribution in [2.75, 3.05) is 6.54 Å². The van der Waals surface area contributed by atoms with Crippen LogP contribution in [0.1, 0.15) is 22.8 Å². The molecule has 0 radical (unpaired) electrons. The summed E-state index contributed by atoms with van der Waals surface area (Å²) < 4.78 is 0. The third kappa shape index (κ3) is 4.14. The minimum atomic E-state index is -0.00948. The van der Waals surface area contributed by atoms with Gasteiger partial charge in [-0.15, -0.1) is 11.8 Å². The zero-order chi connectivity index (χ0) is 13.5. The predicted octanol–water partition coefficient (Wildman–Crippen LogP) is 3.73. The molecule has 2 aromatic carbocycles. The van der Waals surface area contributed by atoms with Gasteiger partial charge in [0.15, 0.2) is 0 Å². The van der Waals surface area contributed by atoms with Crippen molar-refractivity contribution in [2.24, 2.45) is 0 Å². The first-order chi connectivity index (χ1) is 9.29. The van der Waals surface area contributed by atoms with Crippen molar-refractivity contribution in [3.63, 3.8) is 0 Å². The van der Waals surface area contributed by atoms with Gasteiger partial charge in [-0.3, -0.25) is 4.79 Å². The van der Waals surface area contributed by atoms with E-state index in [1.807, 2.05) is 49.4 Å². The largest absolute Gasteiger partial charge is 0.352 e. The van der Waals surface area contributed by atoms with E-state index in [0.717, 1.165) is 11.3 Å².